The van der Waals surface area contributed by atoms with Crippen LogP contribution in [0.25, 0.3) is 0 Å². The summed E-state index contributed by atoms with van der Waals surface area (Å²) in [5, 5.41) is 0.186. The van der Waals surface area contributed by atoms with E-state index in [0.717, 1.165) is 50.8 Å². The summed E-state index contributed by atoms with van der Waals surface area (Å²) < 4.78 is 32.7. The normalized spacial score (nSPS) is 25.9. The first-order valence-electron chi connectivity index (χ1n) is 7.56. The van der Waals surface area contributed by atoms with Crippen molar-refractivity contribution in [1.82, 2.24) is 19.2 Å². The summed E-state index contributed by atoms with van der Waals surface area (Å²) in [6, 6.07) is -0.00102. The summed E-state index contributed by atoms with van der Waals surface area (Å²) >= 11 is 1.84. The molecule has 0 aromatic carbocycles. The Morgan fingerprint density at radius 3 is 2.91 bits per heavy atom. The van der Waals surface area contributed by atoms with E-state index in [1.54, 1.807) is 4.31 Å². The van der Waals surface area contributed by atoms with Crippen LogP contribution in [-0.2, 0) is 14.8 Å². The van der Waals surface area contributed by atoms with Crippen molar-refractivity contribution in [2.45, 2.75) is 17.5 Å². The van der Waals surface area contributed by atoms with Gasteiger partial charge in [-0.3, -0.25) is 4.90 Å². The lowest BCUT2D eigenvalue weighted by atomic mass is 10.2. The standard InChI is InChI=1S/C13H22N4O3S2/c18-22(19,13-8-14-11-15-13)17-2-1-7-21-10-12(17)9-16-3-5-20-6-4-16/h8,11-12H,1-7,9-10H2,(H,14,15). The van der Waals surface area contributed by atoms with Crippen LogP contribution in [0, 0.1) is 0 Å². The fourth-order valence-electron chi connectivity index (χ4n) is 2.86. The molecule has 2 fully saturated rings. The number of aromatic amines is 1. The Hall–Kier alpha value is -0.610. The molecule has 1 atom stereocenters. The molecule has 1 N–H and O–H groups in total. The lowest BCUT2D eigenvalue weighted by molar-refractivity contribution is 0.0309. The smallest absolute Gasteiger partial charge is 0.260 e. The Bertz CT molecular complexity index is 558. The highest BCUT2D eigenvalue weighted by Gasteiger charge is 2.34. The average molecular weight is 346 g/mol. The number of sulfonamides is 1. The van der Waals surface area contributed by atoms with Crippen LogP contribution in [0.1, 0.15) is 6.42 Å². The van der Waals surface area contributed by atoms with Gasteiger partial charge in [0.1, 0.15) is 0 Å². The Morgan fingerprint density at radius 2 is 2.18 bits per heavy atom. The van der Waals surface area contributed by atoms with Gasteiger partial charge >= 0.3 is 0 Å². The van der Waals surface area contributed by atoms with Gasteiger partial charge in [0, 0.05) is 38.0 Å². The molecular formula is C13H22N4O3S2. The van der Waals surface area contributed by atoms with Crippen LogP contribution in [-0.4, -0.2) is 84.5 Å². The highest BCUT2D eigenvalue weighted by atomic mass is 32.2. The molecule has 1 aromatic heterocycles. The minimum atomic E-state index is -3.50. The van der Waals surface area contributed by atoms with Crippen LogP contribution < -0.4 is 0 Å². The van der Waals surface area contributed by atoms with E-state index in [0.29, 0.717) is 6.54 Å². The van der Waals surface area contributed by atoms with Gasteiger partial charge in [0.15, 0.2) is 5.03 Å². The molecule has 2 aliphatic rings. The van der Waals surface area contributed by atoms with E-state index in [1.807, 2.05) is 11.8 Å². The van der Waals surface area contributed by atoms with Gasteiger partial charge in [-0.2, -0.15) is 16.1 Å². The summed E-state index contributed by atoms with van der Waals surface area (Å²) in [7, 11) is -3.50. The number of hydrogen-bond acceptors (Lipinski definition) is 6. The van der Waals surface area contributed by atoms with Gasteiger partial charge in [-0.05, 0) is 12.2 Å². The number of H-pyrrole nitrogens is 1. The molecule has 1 unspecified atom stereocenters. The predicted molar refractivity (Wildman–Crippen MR) is 85.5 cm³/mol. The molecule has 3 heterocycles. The number of aromatic nitrogens is 2. The van der Waals surface area contributed by atoms with Gasteiger partial charge < -0.3 is 9.72 Å². The second-order valence-corrected chi connectivity index (χ2v) is 8.54. The number of ether oxygens (including phenoxy) is 1. The van der Waals surface area contributed by atoms with Crippen molar-refractivity contribution in [2.75, 3.05) is 50.9 Å². The first-order valence-corrected chi connectivity index (χ1v) is 10.2. The molecule has 2 saturated heterocycles. The van der Waals surface area contributed by atoms with Gasteiger partial charge in [-0.15, -0.1) is 0 Å². The summed E-state index contributed by atoms with van der Waals surface area (Å²) in [6.45, 7) is 4.55. The molecule has 7 nitrogen and oxygen atoms in total. The molecule has 124 valence electrons. The Balaban J connectivity index is 1.78. The number of morpholine rings is 1. The van der Waals surface area contributed by atoms with Crippen LogP contribution in [0.4, 0.5) is 0 Å². The largest absolute Gasteiger partial charge is 0.379 e. The highest BCUT2D eigenvalue weighted by molar-refractivity contribution is 7.99. The number of nitrogens with zero attached hydrogens (tertiary/aromatic N) is 3. The molecule has 0 amide bonds. The van der Waals surface area contributed by atoms with Crippen molar-refractivity contribution >= 4 is 21.8 Å². The van der Waals surface area contributed by atoms with E-state index in [9.17, 15) is 8.42 Å². The van der Waals surface area contributed by atoms with Crippen LogP contribution in [0.15, 0.2) is 17.6 Å². The summed E-state index contributed by atoms with van der Waals surface area (Å²) in [4.78, 5) is 8.89. The summed E-state index contributed by atoms with van der Waals surface area (Å²) in [5.41, 5.74) is 0. The fraction of sp³-hybridized carbons (Fsp3) is 0.769. The molecule has 3 rings (SSSR count). The molecule has 0 spiro atoms. The third-order valence-electron chi connectivity index (χ3n) is 4.02. The minimum Gasteiger partial charge on any atom is -0.379 e. The summed E-state index contributed by atoms with van der Waals surface area (Å²) in [5.74, 6) is 1.85. The lowest BCUT2D eigenvalue weighted by Gasteiger charge is -2.34. The van der Waals surface area contributed by atoms with Crippen LogP contribution >= 0.6 is 11.8 Å². The molecule has 2 aliphatic heterocycles. The zero-order valence-electron chi connectivity index (χ0n) is 12.5. The number of nitrogens with one attached hydrogen (secondary N) is 1. The number of imidazole rings is 1. The van der Waals surface area contributed by atoms with Crippen LogP contribution in [0.5, 0.6) is 0 Å². The van der Waals surface area contributed by atoms with E-state index in [1.165, 1.54) is 12.5 Å². The number of thioether (sulfide) groups is 1. The number of hydrogen-bond donors (Lipinski definition) is 1. The fourth-order valence-corrected chi connectivity index (χ4v) is 5.56. The average Bonchev–Trinajstić information content (AvgIpc) is 2.97. The summed E-state index contributed by atoms with van der Waals surface area (Å²) in [6.07, 6.45) is 3.69. The quantitative estimate of drug-likeness (QED) is 0.841. The van der Waals surface area contributed by atoms with Gasteiger partial charge in [0.25, 0.3) is 10.0 Å². The van der Waals surface area contributed by atoms with Crippen molar-refractivity contribution in [2.24, 2.45) is 0 Å². The van der Waals surface area contributed by atoms with Gasteiger partial charge in [0.05, 0.1) is 25.7 Å². The Kier molecular flexibility index (Phi) is 5.40. The van der Waals surface area contributed by atoms with E-state index >= 15 is 0 Å². The molecule has 0 saturated carbocycles. The van der Waals surface area contributed by atoms with Gasteiger partial charge in [-0.1, -0.05) is 0 Å². The third-order valence-corrected chi connectivity index (χ3v) is 7.09. The molecule has 0 bridgehead atoms. The van der Waals surface area contributed by atoms with E-state index in [4.69, 9.17) is 4.74 Å². The van der Waals surface area contributed by atoms with E-state index in [2.05, 4.69) is 14.9 Å². The topological polar surface area (TPSA) is 78.5 Å². The lowest BCUT2D eigenvalue weighted by Crippen LogP contribution is -2.50. The zero-order valence-corrected chi connectivity index (χ0v) is 14.1. The van der Waals surface area contributed by atoms with Crippen molar-refractivity contribution in [3.05, 3.63) is 12.5 Å². The maximum atomic E-state index is 12.9. The highest BCUT2D eigenvalue weighted by Crippen LogP contribution is 2.24. The van der Waals surface area contributed by atoms with Gasteiger partial charge in [-0.25, -0.2) is 13.4 Å². The van der Waals surface area contributed by atoms with Crippen molar-refractivity contribution in [1.29, 1.82) is 0 Å². The van der Waals surface area contributed by atoms with Gasteiger partial charge in [0.2, 0.25) is 0 Å². The van der Waals surface area contributed by atoms with Crippen molar-refractivity contribution in [3.63, 3.8) is 0 Å². The molecular weight excluding hydrogens is 324 g/mol. The maximum absolute atomic E-state index is 12.9. The zero-order chi connectivity index (χ0) is 15.4. The molecule has 9 heteroatoms. The molecule has 1 aromatic rings. The second kappa shape index (κ2) is 7.31. The SMILES string of the molecule is O=S(=O)(c1cnc[nH]1)N1CCCSCC1CN1CCOCC1. The Labute approximate surface area is 135 Å². The van der Waals surface area contributed by atoms with Crippen molar-refractivity contribution < 1.29 is 13.2 Å². The third kappa shape index (κ3) is 3.65. The van der Waals surface area contributed by atoms with Crippen molar-refractivity contribution in [3.8, 4) is 0 Å². The minimum absolute atomic E-state index is 0.00102. The monoisotopic (exact) mass is 346 g/mol. The number of rotatable bonds is 4. The van der Waals surface area contributed by atoms with Crippen LogP contribution in [0.3, 0.4) is 0 Å². The molecule has 0 radical (unpaired) electrons. The molecule has 22 heavy (non-hydrogen) atoms. The van der Waals surface area contributed by atoms with Crippen LogP contribution in [0.2, 0.25) is 0 Å². The maximum Gasteiger partial charge on any atom is 0.260 e. The first-order chi connectivity index (χ1) is 10.7. The first kappa shape index (κ1) is 16.3. The second-order valence-electron chi connectivity index (χ2n) is 5.53. The Morgan fingerprint density at radius 1 is 1.36 bits per heavy atom. The van der Waals surface area contributed by atoms with E-state index < -0.39 is 10.0 Å². The predicted octanol–water partition coefficient (Wildman–Crippen LogP) is 0.238. The van der Waals surface area contributed by atoms with E-state index in [-0.39, 0.29) is 11.1 Å². The molecule has 0 aliphatic carbocycles.